The molecule has 2 amide bonds. The largest absolute Gasteiger partial charge is 0.392 e. The van der Waals surface area contributed by atoms with Crippen molar-refractivity contribution in [2.24, 2.45) is 0 Å². The summed E-state index contributed by atoms with van der Waals surface area (Å²) >= 11 is 0. The lowest BCUT2D eigenvalue weighted by Crippen LogP contribution is -2.43. The Kier molecular flexibility index (Phi) is 10.4. The number of fused-ring (bicyclic) bond motifs is 1. The quantitative estimate of drug-likeness (QED) is 0.140. The molecule has 0 radical (unpaired) electrons. The molecule has 2 aliphatic heterocycles. The monoisotopic (exact) mass is 675 g/mol. The highest BCUT2D eigenvalue weighted by Gasteiger charge is 2.34. The van der Waals surface area contributed by atoms with E-state index in [1.807, 2.05) is 84.3 Å². The van der Waals surface area contributed by atoms with Crippen LogP contribution in [0, 0.1) is 0 Å². The molecule has 1 aromatic heterocycles. The number of hydrogen-bond donors (Lipinski definition) is 4. The number of nitrogens with one attached hydrogen (secondary N) is 3. The van der Waals surface area contributed by atoms with Crippen LogP contribution in [0.4, 0.5) is 4.79 Å². The van der Waals surface area contributed by atoms with E-state index in [0.717, 1.165) is 76.9 Å². The van der Waals surface area contributed by atoms with Crippen molar-refractivity contribution in [2.75, 3.05) is 26.2 Å². The number of piperidine rings is 1. The van der Waals surface area contributed by atoms with E-state index in [4.69, 9.17) is 9.47 Å². The van der Waals surface area contributed by atoms with Crippen molar-refractivity contribution in [1.29, 1.82) is 0 Å². The Morgan fingerprint density at radius 1 is 0.860 bits per heavy atom. The van der Waals surface area contributed by atoms with Gasteiger partial charge in [0.1, 0.15) is 0 Å². The van der Waals surface area contributed by atoms with Crippen LogP contribution in [-0.2, 0) is 22.6 Å². The highest BCUT2D eigenvalue weighted by atomic mass is 16.7. The molecule has 0 spiro atoms. The van der Waals surface area contributed by atoms with Crippen molar-refractivity contribution in [1.82, 2.24) is 25.1 Å². The van der Waals surface area contributed by atoms with Gasteiger partial charge >= 0.3 is 11.7 Å². The second kappa shape index (κ2) is 15.4. The predicted molar refractivity (Wildman–Crippen MR) is 193 cm³/mol. The van der Waals surface area contributed by atoms with Crippen LogP contribution in [0.25, 0.3) is 22.2 Å². The molecular formula is C40H45N5O5. The molecular weight excluding hydrogens is 630 g/mol. The normalized spacial score (nSPS) is 20.2. The first-order chi connectivity index (χ1) is 24.5. The molecule has 0 aliphatic carbocycles. The van der Waals surface area contributed by atoms with E-state index < -0.39 is 6.29 Å². The third kappa shape index (κ3) is 7.69. The number of aliphatic hydroxyl groups excluding tert-OH is 1. The molecule has 10 nitrogen and oxygen atoms in total. The number of imidazole rings is 1. The first-order valence-corrected chi connectivity index (χ1v) is 17.6. The summed E-state index contributed by atoms with van der Waals surface area (Å²) in [4.78, 5) is 30.3. The molecule has 2 saturated heterocycles. The molecule has 260 valence electrons. The molecule has 0 saturated carbocycles. The van der Waals surface area contributed by atoms with Crippen LogP contribution in [-0.4, -0.2) is 57.9 Å². The Balaban J connectivity index is 1.07. The third-order valence-corrected chi connectivity index (χ3v) is 9.83. The number of hydrogen-bond acceptors (Lipinski definition) is 6. The summed E-state index contributed by atoms with van der Waals surface area (Å²) in [6, 6.07) is 32.3. The fourth-order valence-electron chi connectivity index (χ4n) is 7.25. The average Bonchev–Trinajstić information content (AvgIpc) is 3.50. The van der Waals surface area contributed by atoms with Crippen molar-refractivity contribution < 1.29 is 19.4 Å². The van der Waals surface area contributed by atoms with Crippen molar-refractivity contribution in [2.45, 2.75) is 63.9 Å². The van der Waals surface area contributed by atoms with Crippen molar-refractivity contribution in [3.8, 4) is 11.1 Å². The van der Waals surface area contributed by atoms with Crippen LogP contribution in [0.2, 0.25) is 0 Å². The number of para-hydroxylation sites is 2. The molecule has 4 N–H and O–H groups in total. The molecule has 3 unspecified atom stereocenters. The number of aromatic nitrogens is 2. The number of ether oxygens (including phenoxy) is 2. The van der Waals surface area contributed by atoms with E-state index in [-0.39, 0.29) is 36.6 Å². The molecule has 3 atom stereocenters. The maximum Gasteiger partial charge on any atom is 0.326 e. The highest BCUT2D eigenvalue weighted by Crippen LogP contribution is 2.39. The van der Waals surface area contributed by atoms with Gasteiger partial charge in [-0.15, -0.1) is 0 Å². The Bertz CT molecular complexity index is 1960. The van der Waals surface area contributed by atoms with Crippen molar-refractivity contribution in [3.63, 3.8) is 0 Å². The maximum atomic E-state index is 12.9. The molecule has 0 bridgehead atoms. The van der Waals surface area contributed by atoms with Crippen LogP contribution in [0.15, 0.2) is 102 Å². The van der Waals surface area contributed by atoms with Gasteiger partial charge in [0, 0.05) is 50.7 Å². The summed E-state index contributed by atoms with van der Waals surface area (Å²) in [6.07, 6.45) is 1.66. The smallest absolute Gasteiger partial charge is 0.326 e. The maximum absolute atomic E-state index is 12.9. The first kappa shape index (κ1) is 33.7. The summed E-state index contributed by atoms with van der Waals surface area (Å²) < 4.78 is 15.3. The van der Waals surface area contributed by atoms with E-state index in [1.54, 1.807) is 0 Å². The zero-order valence-electron chi connectivity index (χ0n) is 28.4. The molecule has 7 rings (SSSR count). The SMILES string of the molecule is CCNC(=O)NCc1cccc(-c2cccc(C3OC(CN4CCC(n5c(=O)[nH]c6ccccc65)CC4)CC(c4ccc(CO)cc4)O3)c2)c1. The second-order valence-electron chi connectivity index (χ2n) is 13.2. The fourth-order valence-corrected chi connectivity index (χ4v) is 7.25. The van der Waals surface area contributed by atoms with E-state index in [2.05, 4.69) is 44.8 Å². The molecule has 5 aromatic rings. The lowest BCUT2D eigenvalue weighted by molar-refractivity contribution is -0.253. The fraction of sp³-hybridized carbons (Fsp3) is 0.350. The average molecular weight is 676 g/mol. The summed E-state index contributed by atoms with van der Waals surface area (Å²) in [6.45, 7) is 5.41. The Morgan fingerprint density at radius 3 is 2.40 bits per heavy atom. The number of aliphatic hydroxyl groups is 1. The number of carbonyl (C=O) groups is 1. The van der Waals surface area contributed by atoms with Gasteiger partial charge in [-0.2, -0.15) is 0 Å². The van der Waals surface area contributed by atoms with Crippen LogP contribution in [0.1, 0.15) is 66.9 Å². The zero-order valence-corrected chi connectivity index (χ0v) is 28.4. The molecule has 4 aromatic carbocycles. The number of likely N-dealkylation sites (tertiary alicyclic amines) is 1. The van der Waals surface area contributed by atoms with Gasteiger partial charge in [-0.05, 0) is 71.8 Å². The molecule has 2 fully saturated rings. The second-order valence-corrected chi connectivity index (χ2v) is 13.2. The Hall–Kier alpha value is -4.74. The lowest BCUT2D eigenvalue weighted by atomic mass is 9.97. The number of aromatic amines is 1. The number of urea groups is 1. The van der Waals surface area contributed by atoms with E-state index >= 15 is 0 Å². The minimum atomic E-state index is -0.568. The van der Waals surface area contributed by atoms with Crippen LogP contribution in [0.3, 0.4) is 0 Å². The van der Waals surface area contributed by atoms with E-state index in [1.165, 1.54) is 0 Å². The number of rotatable bonds is 10. The van der Waals surface area contributed by atoms with Crippen LogP contribution < -0.4 is 16.3 Å². The summed E-state index contributed by atoms with van der Waals surface area (Å²) in [7, 11) is 0. The van der Waals surface area contributed by atoms with E-state index in [0.29, 0.717) is 19.5 Å². The minimum Gasteiger partial charge on any atom is -0.392 e. The summed E-state index contributed by atoms with van der Waals surface area (Å²) in [5.41, 5.74) is 7.75. The standard InChI is InChI=1S/C40H45N5O5/c1-2-41-39(47)42-24-28-7-5-8-30(21-28)31-9-6-10-32(22-31)38-49-34(23-37(50-38)29-15-13-27(26-46)14-16-29)25-44-19-17-33(18-20-44)45-36-12-4-3-11-35(36)43-40(45)48/h3-16,21-22,33-34,37-38,46H,2,17-20,23-26H2,1H3,(H,43,48)(H2,41,42,47). The van der Waals surface area contributed by atoms with Crippen molar-refractivity contribution >= 4 is 17.1 Å². The van der Waals surface area contributed by atoms with Gasteiger partial charge in [0.15, 0.2) is 6.29 Å². The van der Waals surface area contributed by atoms with Gasteiger partial charge in [-0.1, -0.05) is 72.8 Å². The minimum absolute atomic E-state index is 0.00319. The molecule has 2 aliphatic rings. The number of carbonyl (C=O) groups excluding carboxylic acids is 1. The topological polar surface area (TPSA) is 121 Å². The molecule has 3 heterocycles. The van der Waals surface area contributed by atoms with Gasteiger partial charge in [-0.25, -0.2) is 9.59 Å². The number of nitrogens with zero attached hydrogens (tertiary/aromatic N) is 2. The summed E-state index contributed by atoms with van der Waals surface area (Å²) in [5.74, 6) is 0. The van der Waals surface area contributed by atoms with Gasteiger partial charge in [0.05, 0.1) is 29.8 Å². The first-order valence-electron chi connectivity index (χ1n) is 17.6. The predicted octanol–water partition coefficient (Wildman–Crippen LogP) is 6.19. The zero-order chi connectivity index (χ0) is 34.5. The van der Waals surface area contributed by atoms with Gasteiger partial charge in [-0.3, -0.25) is 4.57 Å². The van der Waals surface area contributed by atoms with E-state index in [9.17, 15) is 14.7 Å². The Morgan fingerprint density at radius 2 is 1.62 bits per heavy atom. The lowest BCUT2D eigenvalue weighted by Gasteiger charge is -2.40. The number of benzene rings is 4. The highest BCUT2D eigenvalue weighted by molar-refractivity contribution is 5.75. The van der Waals surface area contributed by atoms with Crippen LogP contribution >= 0.6 is 0 Å². The molecule has 10 heteroatoms. The third-order valence-electron chi connectivity index (χ3n) is 9.83. The van der Waals surface area contributed by atoms with Gasteiger partial charge in [0.2, 0.25) is 0 Å². The summed E-state index contributed by atoms with van der Waals surface area (Å²) in [5, 5.41) is 15.3. The Labute approximate surface area is 292 Å². The van der Waals surface area contributed by atoms with Crippen molar-refractivity contribution in [3.05, 3.63) is 130 Å². The number of amides is 2. The van der Waals surface area contributed by atoms with Gasteiger partial charge < -0.3 is 35.1 Å². The van der Waals surface area contributed by atoms with Crippen LogP contribution in [0.5, 0.6) is 0 Å². The number of H-pyrrole nitrogens is 1. The van der Waals surface area contributed by atoms with Gasteiger partial charge in [0.25, 0.3) is 0 Å². The molecule has 50 heavy (non-hydrogen) atoms.